The highest BCUT2D eigenvalue weighted by molar-refractivity contribution is 6.06. The average molecular weight is 297 g/mol. The van der Waals surface area contributed by atoms with Crippen molar-refractivity contribution in [2.24, 2.45) is 0 Å². The van der Waals surface area contributed by atoms with Gasteiger partial charge in [-0.25, -0.2) is 13.2 Å². The molecular formula is C14H10F3NO3. The maximum Gasteiger partial charge on any atom is 0.259 e. The van der Waals surface area contributed by atoms with E-state index in [-0.39, 0.29) is 11.3 Å². The van der Waals surface area contributed by atoms with Crippen LogP contribution in [0.2, 0.25) is 0 Å². The molecule has 0 saturated heterocycles. The first-order valence-corrected chi connectivity index (χ1v) is 5.75. The number of phenolic OH excluding ortho intramolecular Hbond substituents is 1. The number of anilines is 1. The SMILES string of the molecule is COc1ccc(O)c(C(=O)Nc2c(F)cc(F)cc2F)c1. The Morgan fingerprint density at radius 3 is 2.33 bits per heavy atom. The lowest BCUT2D eigenvalue weighted by Gasteiger charge is -2.10. The molecule has 0 spiro atoms. The fourth-order valence-electron chi connectivity index (χ4n) is 1.67. The molecule has 0 atom stereocenters. The Morgan fingerprint density at radius 2 is 1.76 bits per heavy atom. The van der Waals surface area contributed by atoms with Crippen LogP contribution in [0, 0.1) is 17.5 Å². The molecule has 2 rings (SSSR count). The molecule has 0 unspecified atom stereocenters. The van der Waals surface area contributed by atoms with Gasteiger partial charge in [0.15, 0.2) is 11.6 Å². The second kappa shape index (κ2) is 5.74. The van der Waals surface area contributed by atoms with Gasteiger partial charge in [-0.3, -0.25) is 4.79 Å². The van der Waals surface area contributed by atoms with E-state index in [0.29, 0.717) is 12.1 Å². The molecule has 4 nitrogen and oxygen atoms in total. The molecule has 0 fully saturated rings. The molecule has 21 heavy (non-hydrogen) atoms. The highest BCUT2D eigenvalue weighted by atomic mass is 19.1. The van der Waals surface area contributed by atoms with Gasteiger partial charge in [0.1, 0.15) is 23.0 Å². The number of phenols is 1. The third-order valence-electron chi connectivity index (χ3n) is 2.69. The van der Waals surface area contributed by atoms with E-state index < -0.39 is 34.8 Å². The van der Waals surface area contributed by atoms with Gasteiger partial charge in [0.2, 0.25) is 0 Å². The normalized spacial score (nSPS) is 10.3. The summed E-state index contributed by atoms with van der Waals surface area (Å²) in [6, 6.07) is 4.68. The molecule has 7 heteroatoms. The predicted molar refractivity (Wildman–Crippen MR) is 68.9 cm³/mol. The Kier molecular flexibility index (Phi) is 4.02. The minimum absolute atomic E-state index is 0.238. The van der Waals surface area contributed by atoms with Gasteiger partial charge in [0.05, 0.1) is 12.7 Å². The molecule has 1 amide bonds. The second-order valence-electron chi connectivity index (χ2n) is 4.08. The molecule has 0 radical (unpaired) electrons. The number of hydrogen-bond acceptors (Lipinski definition) is 3. The average Bonchev–Trinajstić information content (AvgIpc) is 2.43. The van der Waals surface area contributed by atoms with Crippen molar-refractivity contribution in [3.63, 3.8) is 0 Å². The standard InChI is InChI=1S/C14H10F3NO3/c1-21-8-2-3-12(19)9(6-8)14(20)18-13-10(16)4-7(15)5-11(13)17/h2-6,19H,1H3,(H,18,20). The zero-order valence-corrected chi connectivity index (χ0v) is 10.8. The van der Waals surface area contributed by atoms with Crippen molar-refractivity contribution in [3.8, 4) is 11.5 Å². The topological polar surface area (TPSA) is 58.6 Å². The molecule has 2 N–H and O–H groups in total. The lowest BCUT2D eigenvalue weighted by Crippen LogP contribution is -2.15. The number of carbonyl (C=O) groups is 1. The maximum absolute atomic E-state index is 13.5. The molecule has 2 aromatic rings. The molecule has 0 aliphatic carbocycles. The molecule has 2 aromatic carbocycles. The summed E-state index contributed by atoms with van der Waals surface area (Å²) in [6.07, 6.45) is 0. The van der Waals surface area contributed by atoms with Crippen molar-refractivity contribution in [2.45, 2.75) is 0 Å². The van der Waals surface area contributed by atoms with E-state index in [1.165, 1.54) is 25.3 Å². The molecule has 0 bridgehead atoms. The Morgan fingerprint density at radius 1 is 1.14 bits per heavy atom. The van der Waals surface area contributed by atoms with E-state index >= 15 is 0 Å². The van der Waals surface area contributed by atoms with Crippen molar-refractivity contribution < 1.29 is 27.8 Å². The first-order valence-electron chi connectivity index (χ1n) is 5.75. The number of hydrogen-bond donors (Lipinski definition) is 2. The first kappa shape index (κ1) is 14.7. The van der Waals surface area contributed by atoms with E-state index in [1.54, 1.807) is 0 Å². The zero-order valence-electron chi connectivity index (χ0n) is 10.8. The van der Waals surface area contributed by atoms with Gasteiger partial charge in [-0.15, -0.1) is 0 Å². The summed E-state index contributed by atoms with van der Waals surface area (Å²) in [4.78, 5) is 11.9. The lowest BCUT2D eigenvalue weighted by molar-refractivity contribution is 0.102. The maximum atomic E-state index is 13.5. The van der Waals surface area contributed by atoms with Crippen LogP contribution < -0.4 is 10.1 Å². The van der Waals surface area contributed by atoms with Crippen molar-refractivity contribution in [1.82, 2.24) is 0 Å². The second-order valence-corrected chi connectivity index (χ2v) is 4.08. The van der Waals surface area contributed by atoms with Crippen LogP contribution in [0.5, 0.6) is 11.5 Å². The highest BCUT2D eigenvalue weighted by Crippen LogP contribution is 2.26. The Bertz CT molecular complexity index is 681. The molecule has 0 heterocycles. The molecule has 0 aliphatic heterocycles. The number of carbonyl (C=O) groups excluding carboxylic acids is 1. The fourth-order valence-corrected chi connectivity index (χ4v) is 1.67. The fraction of sp³-hybridized carbons (Fsp3) is 0.0714. The third-order valence-corrected chi connectivity index (χ3v) is 2.69. The van der Waals surface area contributed by atoms with Crippen LogP contribution in [0.3, 0.4) is 0 Å². The quantitative estimate of drug-likeness (QED) is 0.915. The predicted octanol–water partition coefficient (Wildman–Crippen LogP) is 3.07. The summed E-state index contributed by atoms with van der Waals surface area (Å²) in [7, 11) is 1.35. The van der Waals surface area contributed by atoms with Gasteiger partial charge in [-0.1, -0.05) is 0 Å². The zero-order chi connectivity index (χ0) is 15.6. The van der Waals surface area contributed by atoms with Gasteiger partial charge in [-0.05, 0) is 18.2 Å². The molecule has 0 aliphatic rings. The number of methoxy groups -OCH3 is 1. The number of nitrogens with one attached hydrogen (secondary N) is 1. The van der Waals surface area contributed by atoms with Crippen LogP contribution in [-0.2, 0) is 0 Å². The van der Waals surface area contributed by atoms with Crippen molar-refractivity contribution in [3.05, 3.63) is 53.3 Å². The number of halogens is 3. The van der Waals surface area contributed by atoms with E-state index in [1.807, 2.05) is 5.32 Å². The van der Waals surface area contributed by atoms with Gasteiger partial charge in [-0.2, -0.15) is 0 Å². The van der Waals surface area contributed by atoms with E-state index in [4.69, 9.17) is 4.74 Å². The summed E-state index contributed by atoms with van der Waals surface area (Å²) < 4.78 is 44.6. The van der Waals surface area contributed by atoms with Gasteiger partial charge < -0.3 is 15.2 Å². The van der Waals surface area contributed by atoms with Crippen molar-refractivity contribution >= 4 is 11.6 Å². The minimum atomic E-state index is -1.26. The third kappa shape index (κ3) is 3.07. The largest absolute Gasteiger partial charge is 0.507 e. The van der Waals surface area contributed by atoms with E-state index in [2.05, 4.69) is 0 Å². The highest BCUT2D eigenvalue weighted by Gasteiger charge is 2.18. The van der Waals surface area contributed by atoms with E-state index in [9.17, 15) is 23.1 Å². The van der Waals surface area contributed by atoms with Crippen LogP contribution >= 0.6 is 0 Å². The molecular weight excluding hydrogens is 287 g/mol. The van der Waals surface area contributed by atoms with Crippen LogP contribution in [-0.4, -0.2) is 18.1 Å². The summed E-state index contributed by atoms with van der Waals surface area (Å²) in [5, 5.41) is 11.5. The van der Waals surface area contributed by atoms with Gasteiger partial charge in [0.25, 0.3) is 5.91 Å². The summed E-state index contributed by atoms with van der Waals surface area (Å²) in [6.45, 7) is 0. The smallest absolute Gasteiger partial charge is 0.259 e. The Hall–Kier alpha value is -2.70. The van der Waals surface area contributed by atoms with Crippen LogP contribution in [0.4, 0.5) is 18.9 Å². The number of amides is 1. The Labute approximate surface area is 117 Å². The summed E-state index contributed by atoms with van der Waals surface area (Å²) >= 11 is 0. The van der Waals surface area contributed by atoms with Crippen molar-refractivity contribution in [1.29, 1.82) is 0 Å². The monoisotopic (exact) mass is 297 g/mol. The minimum Gasteiger partial charge on any atom is -0.507 e. The molecule has 110 valence electrons. The number of aromatic hydroxyl groups is 1. The Balaban J connectivity index is 2.35. The summed E-state index contributed by atoms with van der Waals surface area (Å²) in [5.74, 6) is -4.70. The van der Waals surface area contributed by atoms with Crippen molar-refractivity contribution in [2.75, 3.05) is 12.4 Å². The summed E-state index contributed by atoms with van der Waals surface area (Å²) in [5.41, 5.74) is -1.04. The number of rotatable bonds is 3. The molecule has 0 saturated carbocycles. The van der Waals surface area contributed by atoms with Gasteiger partial charge >= 0.3 is 0 Å². The van der Waals surface area contributed by atoms with Crippen LogP contribution in [0.15, 0.2) is 30.3 Å². The number of benzene rings is 2. The van der Waals surface area contributed by atoms with E-state index in [0.717, 1.165) is 0 Å². The van der Waals surface area contributed by atoms with Crippen LogP contribution in [0.1, 0.15) is 10.4 Å². The number of ether oxygens (including phenoxy) is 1. The molecule has 0 aromatic heterocycles. The first-order chi connectivity index (χ1) is 9.92. The van der Waals surface area contributed by atoms with Gasteiger partial charge in [0, 0.05) is 12.1 Å². The lowest BCUT2D eigenvalue weighted by atomic mass is 10.1. The van der Waals surface area contributed by atoms with Crippen LogP contribution in [0.25, 0.3) is 0 Å².